The molecular formula is C26H32ClN3O4S. The number of benzene rings is 2. The number of anilines is 2. The van der Waals surface area contributed by atoms with Gasteiger partial charge in [0.2, 0.25) is 10.0 Å². The van der Waals surface area contributed by atoms with Gasteiger partial charge in [-0.15, -0.1) is 0 Å². The highest BCUT2D eigenvalue weighted by Gasteiger charge is 2.23. The minimum Gasteiger partial charge on any atom is -0.492 e. The number of sulfonamides is 1. The standard InChI is InChI=1S/C26H32ClN3O4S/c1-16(2)14-30(35(4,32)33)21-7-5-6-20(12-21)28-17(3)22-10-19-11-23(27)25(34-15-18-8-9-18)13-24(19)29-26(22)31/h5-7,10-13,16-18,28H,8-9,14-15H2,1-4H3,(H,29,31)/t17-/m0/s1. The van der Waals surface area contributed by atoms with Crippen molar-refractivity contribution in [3.63, 3.8) is 0 Å². The van der Waals surface area contributed by atoms with Gasteiger partial charge in [0.15, 0.2) is 0 Å². The summed E-state index contributed by atoms with van der Waals surface area (Å²) >= 11 is 6.44. The molecule has 0 aliphatic heterocycles. The first-order valence-electron chi connectivity index (χ1n) is 11.8. The molecule has 7 nitrogen and oxygen atoms in total. The molecule has 1 fully saturated rings. The fraction of sp³-hybridized carbons (Fsp3) is 0.423. The molecular weight excluding hydrogens is 486 g/mol. The van der Waals surface area contributed by atoms with Crippen molar-refractivity contribution in [1.82, 2.24) is 4.98 Å². The summed E-state index contributed by atoms with van der Waals surface area (Å²) in [7, 11) is -3.43. The number of rotatable bonds is 10. The Balaban J connectivity index is 1.58. The van der Waals surface area contributed by atoms with Crippen LogP contribution in [0.3, 0.4) is 0 Å². The van der Waals surface area contributed by atoms with Crippen molar-refractivity contribution in [3.05, 3.63) is 63.4 Å². The molecule has 9 heteroatoms. The van der Waals surface area contributed by atoms with E-state index in [0.29, 0.717) is 52.3 Å². The molecule has 188 valence electrons. The van der Waals surface area contributed by atoms with Crippen LogP contribution in [0.4, 0.5) is 11.4 Å². The van der Waals surface area contributed by atoms with Gasteiger partial charge in [-0.3, -0.25) is 9.10 Å². The van der Waals surface area contributed by atoms with Gasteiger partial charge in [-0.2, -0.15) is 0 Å². The molecule has 35 heavy (non-hydrogen) atoms. The van der Waals surface area contributed by atoms with Gasteiger partial charge in [0.25, 0.3) is 5.56 Å². The predicted molar refractivity (Wildman–Crippen MR) is 143 cm³/mol. The normalized spacial score (nSPS) is 14.8. The Hall–Kier alpha value is -2.71. The van der Waals surface area contributed by atoms with Gasteiger partial charge < -0.3 is 15.0 Å². The largest absolute Gasteiger partial charge is 0.492 e. The van der Waals surface area contributed by atoms with E-state index in [2.05, 4.69) is 10.3 Å². The van der Waals surface area contributed by atoms with E-state index in [0.717, 1.165) is 5.39 Å². The second-order valence-electron chi connectivity index (χ2n) is 9.78. The van der Waals surface area contributed by atoms with Crippen LogP contribution in [0, 0.1) is 11.8 Å². The van der Waals surface area contributed by atoms with Crippen LogP contribution in [0.1, 0.15) is 45.2 Å². The second-order valence-corrected chi connectivity index (χ2v) is 12.1. The highest BCUT2D eigenvalue weighted by atomic mass is 35.5. The minimum absolute atomic E-state index is 0.169. The van der Waals surface area contributed by atoms with Crippen LogP contribution in [-0.4, -0.2) is 32.8 Å². The first kappa shape index (κ1) is 25.4. The SMILES string of the molecule is CC(C)CN(c1cccc(N[C@@H](C)c2cc3cc(Cl)c(OCC4CC4)cc3[nH]c2=O)c1)S(C)(=O)=O. The van der Waals surface area contributed by atoms with E-state index >= 15 is 0 Å². The number of H-pyrrole nitrogens is 1. The number of hydrogen-bond donors (Lipinski definition) is 2. The zero-order valence-electron chi connectivity index (χ0n) is 20.5. The van der Waals surface area contributed by atoms with E-state index < -0.39 is 10.0 Å². The molecule has 0 saturated heterocycles. The first-order chi connectivity index (χ1) is 16.5. The third-order valence-corrected chi connectivity index (χ3v) is 7.47. The molecule has 1 saturated carbocycles. The molecule has 2 aromatic carbocycles. The molecule has 1 heterocycles. The van der Waals surface area contributed by atoms with E-state index in [-0.39, 0.29) is 17.5 Å². The lowest BCUT2D eigenvalue weighted by Gasteiger charge is -2.25. The van der Waals surface area contributed by atoms with E-state index in [1.807, 2.05) is 39.0 Å². The maximum atomic E-state index is 12.9. The van der Waals surface area contributed by atoms with Crippen LogP contribution in [0.15, 0.2) is 47.3 Å². The summed E-state index contributed by atoms with van der Waals surface area (Å²) in [5.74, 6) is 1.35. The third-order valence-electron chi connectivity index (χ3n) is 6.01. The van der Waals surface area contributed by atoms with Gasteiger partial charge in [-0.25, -0.2) is 8.42 Å². The van der Waals surface area contributed by atoms with Crippen LogP contribution in [0.25, 0.3) is 10.9 Å². The zero-order chi connectivity index (χ0) is 25.3. The Kier molecular flexibility index (Phi) is 7.33. The maximum absolute atomic E-state index is 12.9. The molecule has 1 aliphatic carbocycles. The highest BCUT2D eigenvalue weighted by Crippen LogP contribution is 2.34. The predicted octanol–water partition coefficient (Wildman–Crippen LogP) is 5.57. The highest BCUT2D eigenvalue weighted by molar-refractivity contribution is 7.92. The summed E-state index contributed by atoms with van der Waals surface area (Å²) in [6.45, 7) is 6.86. The molecule has 0 unspecified atom stereocenters. The number of hydrogen-bond acceptors (Lipinski definition) is 5. The average Bonchev–Trinajstić information content (AvgIpc) is 3.60. The van der Waals surface area contributed by atoms with Crippen LogP contribution < -0.4 is 19.9 Å². The number of aromatic amines is 1. The second kappa shape index (κ2) is 10.1. The quantitative estimate of drug-likeness (QED) is 0.367. The number of aromatic nitrogens is 1. The molecule has 0 spiro atoms. The van der Waals surface area contributed by atoms with Crippen molar-refractivity contribution in [1.29, 1.82) is 0 Å². The molecule has 2 N–H and O–H groups in total. The van der Waals surface area contributed by atoms with Crippen molar-refractivity contribution in [2.75, 3.05) is 29.0 Å². The summed E-state index contributed by atoms with van der Waals surface area (Å²) in [6, 6.07) is 12.3. The van der Waals surface area contributed by atoms with Crippen molar-refractivity contribution < 1.29 is 13.2 Å². The molecule has 1 atom stereocenters. The number of halogens is 1. The van der Waals surface area contributed by atoms with Gasteiger partial charge in [0.05, 0.1) is 35.1 Å². The number of nitrogens with one attached hydrogen (secondary N) is 2. The maximum Gasteiger partial charge on any atom is 0.253 e. The summed E-state index contributed by atoms with van der Waals surface area (Å²) < 4.78 is 32.0. The summed E-state index contributed by atoms with van der Waals surface area (Å²) in [4.78, 5) is 15.9. The Morgan fingerprint density at radius 1 is 1.17 bits per heavy atom. The Morgan fingerprint density at radius 3 is 2.57 bits per heavy atom. The molecule has 0 amide bonds. The lowest BCUT2D eigenvalue weighted by molar-refractivity contribution is 0.300. The first-order valence-corrected chi connectivity index (χ1v) is 14.1. The third kappa shape index (κ3) is 6.30. The lowest BCUT2D eigenvalue weighted by atomic mass is 10.1. The zero-order valence-corrected chi connectivity index (χ0v) is 22.0. The van der Waals surface area contributed by atoms with Crippen LogP contribution in [-0.2, 0) is 10.0 Å². The van der Waals surface area contributed by atoms with Crippen molar-refractivity contribution in [2.24, 2.45) is 11.8 Å². The van der Waals surface area contributed by atoms with E-state index in [9.17, 15) is 13.2 Å². The fourth-order valence-electron chi connectivity index (χ4n) is 3.99. The van der Waals surface area contributed by atoms with Crippen LogP contribution >= 0.6 is 11.6 Å². The molecule has 1 aromatic heterocycles. The Morgan fingerprint density at radius 2 is 1.91 bits per heavy atom. The van der Waals surface area contributed by atoms with Gasteiger partial charge in [-0.05, 0) is 61.9 Å². The summed E-state index contributed by atoms with van der Waals surface area (Å²) in [5, 5.41) is 4.65. The van der Waals surface area contributed by atoms with E-state index in [1.165, 1.54) is 23.4 Å². The molecule has 0 bridgehead atoms. The fourth-order valence-corrected chi connectivity index (χ4v) is 5.28. The number of ether oxygens (including phenoxy) is 1. The van der Waals surface area contributed by atoms with Crippen LogP contribution in [0.5, 0.6) is 5.75 Å². The molecule has 4 rings (SSSR count). The topological polar surface area (TPSA) is 91.5 Å². The van der Waals surface area contributed by atoms with Gasteiger partial charge in [-0.1, -0.05) is 31.5 Å². The molecule has 1 aliphatic rings. The number of nitrogens with zero attached hydrogens (tertiary/aromatic N) is 1. The molecule has 3 aromatic rings. The minimum atomic E-state index is -3.43. The van der Waals surface area contributed by atoms with Gasteiger partial charge in [0.1, 0.15) is 5.75 Å². The Bertz CT molecular complexity index is 1380. The van der Waals surface area contributed by atoms with Gasteiger partial charge in [0, 0.05) is 29.2 Å². The van der Waals surface area contributed by atoms with Crippen LogP contribution in [0.2, 0.25) is 5.02 Å². The van der Waals surface area contributed by atoms with Crippen molar-refractivity contribution in [2.45, 2.75) is 39.7 Å². The monoisotopic (exact) mass is 517 g/mol. The number of pyridine rings is 1. The van der Waals surface area contributed by atoms with Crippen molar-refractivity contribution >= 4 is 43.9 Å². The van der Waals surface area contributed by atoms with Gasteiger partial charge >= 0.3 is 0 Å². The average molecular weight is 518 g/mol. The number of fused-ring (bicyclic) bond motifs is 1. The molecule has 0 radical (unpaired) electrons. The van der Waals surface area contributed by atoms with E-state index in [1.54, 1.807) is 24.3 Å². The Labute approximate surface area is 211 Å². The van der Waals surface area contributed by atoms with Crippen molar-refractivity contribution in [3.8, 4) is 5.75 Å². The summed E-state index contributed by atoms with van der Waals surface area (Å²) in [5.41, 5.74) is 2.31. The lowest BCUT2D eigenvalue weighted by Crippen LogP contribution is -2.33. The summed E-state index contributed by atoms with van der Waals surface area (Å²) in [6.07, 6.45) is 3.58. The smallest absolute Gasteiger partial charge is 0.253 e. The van der Waals surface area contributed by atoms with E-state index in [4.69, 9.17) is 16.3 Å².